The van der Waals surface area contributed by atoms with E-state index in [9.17, 15) is 5.11 Å². The zero-order valence-corrected chi connectivity index (χ0v) is 9.79. The number of phenolic OH excluding ortho intramolecular Hbond substituents is 1. The van der Waals surface area contributed by atoms with Crippen molar-refractivity contribution in [2.24, 2.45) is 0 Å². The van der Waals surface area contributed by atoms with Gasteiger partial charge in [0.25, 0.3) is 0 Å². The monoisotopic (exact) mass is 209 g/mol. The molecule has 0 radical (unpaired) electrons. The SMILES string of the molecule is Cc1cc(CNOC(C)(C)C)ccc1O. The van der Waals surface area contributed by atoms with Gasteiger partial charge in [0.05, 0.1) is 5.60 Å². The van der Waals surface area contributed by atoms with Crippen molar-refractivity contribution >= 4 is 0 Å². The van der Waals surface area contributed by atoms with Crippen LogP contribution in [0.3, 0.4) is 0 Å². The maximum Gasteiger partial charge on any atom is 0.118 e. The summed E-state index contributed by atoms with van der Waals surface area (Å²) in [6.45, 7) is 8.48. The molecule has 2 N–H and O–H groups in total. The first kappa shape index (κ1) is 12.0. The molecule has 0 heterocycles. The molecule has 1 aromatic rings. The van der Waals surface area contributed by atoms with Gasteiger partial charge in [-0.05, 0) is 44.9 Å². The number of rotatable bonds is 3. The van der Waals surface area contributed by atoms with Crippen LogP contribution in [0.1, 0.15) is 31.9 Å². The molecular formula is C12H19NO2. The zero-order chi connectivity index (χ0) is 11.5. The summed E-state index contributed by atoms with van der Waals surface area (Å²) in [7, 11) is 0. The van der Waals surface area contributed by atoms with E-state index < -0.39 is 0 Å². The molecule has 0 bridgehead atoms. The van der Waals surface area contributed by atoms with Gasteiger partial charge in [0.1, 0.15) is 5.75 Å². The standard InChI is InChI=1S/C12H19NO2/c1-9-7-10(5-6-11(9)14)8-13-15-12(2,3)4/h5-7,13-14H,8H2,1-4H3. The molecular weight excluding hydrogens is 190 g/mol. The number of nitrogens with one attached hydrogen (secondary N) is 1. The Bertz CT molecular complexity index is 329. The molecule has 1 aromatic carbocycles. The Morgan fingerprint density at radius 1 is 1.33 bits per heavy atom. The molecule has 84 valence electrons. The van der Waals surface area contributed by atoms with Crippen LogP contribution >= 0.6 is 0 Å². The van der Waals surface area contributed by atoms with E-state index in [1.807, 2.05) is 39.8 Å². The number of hydroxylamine groups is 1. The minimum Gasteiger partial charge on any atom is -0.508 e. The lowest BCUT2D eigenvalue weighted by molar-refractivity contribution is -0.0757. The lowest BCUT2D eigenvalue weighted by Crippen LogP contribution is -2.28. The van der Waals surface area contributed by atoms with Gasteiger partial charge in [-0.3, -0.25) is 4.84 Å². The Kier molecular flexibility index (Phi) is 3.72. The number of phenols is 1. The maximum absolute atomic E-state index is 9.35. The quantitative estimate of drug-likeness (QED) is 0.752. The van der Waals surface area contributed by atoms with E-state index in [0.29, 0.717) is 12.3 Å². The van der Waals surface area contributed by atoms with Crippen LogP contribution in [-0.4, -0.2) is 10.7 Å². The summed E-state index contributed by atoms with van der Waals surface area (Å²) in [5, 5.41) is 9.35. The molecule has 0 spiro atoms. The number of hydrogen-bond donors (Lipinski definition) is 2. The van der Waals surface area contributed by atoms with E-state index in [2.05, 4.69) is 5.48 Å². The summed E-state index contributed by atoms with van der Waals surface area (Å²) in [5.41, 5.74) is 4.69. The molecule has 15 heavy (non-hydrogen) atoms. The summed E-state index contributed by atoms with van der Waals surface area (Å²) < 4.78 is 0. The second kappa shape index (κ2) is 4.64. The molecule has 0 fully saturated rings. The maximum atomic E-state index is 9.35. The number of benzene rings is 1. The molecule has 1 rings (SSSR count). The van der Waals surface area contributed by atoms with Crippen molar-refractivity contribution in [1.82, 2.24) is 5.48 Å². The highest BCUT2D eigenvalue weighted by molar-refractivity contribution is 5.34. The fourth-order valence-corrected chi connectivity index (χ4v) is 1.16. The van der Waals surface area contributed by atoms with Gasteiger partial charge in [-0.1, -0.05) is 12.1 Å². The van der Waals surface area contributed by atoms with Gasteiger partial charge in [0.15, 0.2) is 0 Å². The Hall–Kier alpha value is -1.06. The molecule has 0 aliphatic carbocycles. The van der Waals surface area contributed by atoms with Gasteiger partial charge >= 0.3 is 0 Å². The molecule has 3 heteroatoms. The van der Waals surface area contributed by atoms with Gasteiger partial charge in [-0.15, -0.1) is 0 Å². The van der Waals surface area contributed by atoms with Crippen LogP contribution < -0.4 is 5.48 Å². The molecule has 0 aliphatic rings. The first-order valence-corrected chi connectivity index (χ1v) is 5.08. The van der Waals surface area contributed by atoms with Crippen LogP contribution in [0, 0.1) is 6.92 Å². The van der Waals surface area contributed by atoms with Crippen LogP contribution in [0.4, 0.5) is 0 Å². The Morgan fingerprint density at radius 3 is 2.53 bits per heavy atom. The second-order valence-corrected chi connectivity index (χ2v) is 4.66. The summed E-state index contributed by atoms with van der Waals surface area (Å²) >= 11 is 0. The Labute approximate surface area is 91.0 Å². The van der Waals surface area contributed by atoms with Crippen LogP contribution in [-0.2, 0) is 11.4 Å². The summed E-state index contributed by atoms with van der Waals surface area (Å²) in [6.07, 6.45) is 0. The zero-order valence-electron chi connectivity index (χ0n) is 9.79. The van der Waals surface area contributed by atoms with Crippen LogP contribution in [0.15, 0.2) is 18.2 Å². The Balaban J connectivity index is 2.48. The predicted molar refractivity (Wildman–Crippen MR) is 60.5 cm³/mol. The third-order valence-corrected chi connectivity index (χ3v) is 1.92. The molecule has 0 aromatic heterocycles. The highest BCUT2D eigenvalue weighted by Gasteiger charge is 2.09. The van der Waals surface area contributed by atoms with Crippen LogP contribution in [0.25, 0.3) is 0 Å². The largest absolute Gasteiger partial charge is 0.508 e. The normalized spacial score (nSPS) is 11.7. The van der Waals surface area contributed by atoms with Crippen molar-refractivity contribution < 1.29 is 9.94 Å². The van der Waals surface area contributed by atoms with Crippen LogP contribution in [0.2, 0.25) is 0 Å². The van der Waals surface area contributed by atoms with E-state index in [0.717, 1.165) is 11.1 Å². The number of aromatic hydroxyl groups is 1. The summed E-state index contributed by atoms with van der Waals surface area (Å²) in [4.78, 5) is 5.39. The van der Waals surface area contributed by atoms with E-state index in [4.69, 9.17) is 4.84 Å². The van der Waals surface area contributed by atoms with Gasteiger partial charge in [-0.25, -0.2) is 0 Å². The van der Waals surface area contributed by atoms with E-state index in [1.54, 1.807) is 6.07 Å². The minimum atomic E-state index is -0.189. The van der Waals surface area contributed by atoms with Crippen molar-refractivity contribution in [3.63, 3.8) is 0 Å². The van der Waals surface area contributed by atoms with E-state index in [-0.39, 0.29) is 5.60 Å². The fourth-order valence-electron chi connectivity index (χ4n) is 1.16. The second-order valence-electron chi connectivity index (χ2n) is 4.66. The molecule has 0 unspecified atom stereocenters. The van der Waals surface area contributed by atoms with E-state index >= 15 is 0 Å². The molecule has 0 saturated carbocycles. The van der Waals surface area contributed by atoms with Crippen molar-refractivity contribution in [3.8, 4) is 5.75 Å². The molecule has 0 saturated heterocycles. The van der Waals surface area contributed by atoms with Gasteiger partial charge in [0, 0.05) is 6.54 Å². The lowest BCUT2D eigenvalue weighted by atomic mass is 10.1. The minimum absolute atomic E-state index is 0.189. The number of hydrogen-bond acceptors (Lipinski definition) is 3. The lowest BCUT2D eigenvalue weighted by Gasteiger charge is -2.19. The van der Waals surface area contributed by atoms with Gasteiger partial charge < -0.3 is 5.11 Å². The molecule has 0 aliphatic heterocycles. The first-order valence-electron chi connectivity index (χ1n) is 5.08. The number of aryl methyl sites for hydroxylation is 1. The van der Waals surface area contributed by atoms with Crippen molar-refractivity contribution in [2.75, 3.05) is 0 Å². The molecule has 3 nitrogen and oxygen atoms in total. The van der Waals surface area contributed by atoms with Gasteiger partial charge in [0.2, 0.25) is 0 Å². The smallest absolute Gasteiger partial charge is 0.118 e. The topological polar surface area (TPSA) is 41.5 Å². The summed E-state index contributed by atoms with van der Waals surface area (Å²) in [6, 6.07) is 5.51. The van der Waals surface area contributed by atoms with Crippen molar-refractivity contribution in [2.45, 2.75) is 39.8 Å². The van der Waals surface area contributed by atoms with Crippen molar-refractivity contribution in [1.29, 1.82) is 0 Å². The predicted octanol–water partition coefficient (Wildman–Crippen LogP) is 2.52. The Morgan fingerprint density at radius 2 is 2.00 bits per heavy atom. The average Bonchev–Trinajstić information content (AvgIpc) is 2.09. The van der Waals surface area contributed by atoms with Crippen molar-refractivity contribution in [3.05, 3.63) is 29.3 Å². The molecule has 0 atom stereocenters. The molecule has 0 amide bonds. The summed E-state index contributed by atoms with van der Waals surface area (Å²) in [5.74, 6) is 0.329. The fraction of sp³-hybridized carbons (Fsp3) is 0.500. The third-order valence-electron chi connectivity index (χ3n) is 1.92. The van der Waals surface area contributed by atoms with E-state index in [1.165, 1.54) is 0 Å². The van der Waals surface area contributed by atoms with Gasteiger partial charge in [-0.2, -0.15) is 5.48 Å². The first-order chi connectivity index (χ1) is 6.88. The van der Waals surface area contributed by atoms with Crippen LogP contribution in [0.5, 0.6) is 5.75 Å². The highest BCUT2D eigenvalue weighted by atomic mass is 16.7. The third kappa shape index (κ3) is 4.32. The average molecular weight is 209 g/mol. The highest BCUT2D eigenvalue weighted by Crippen LogP contribution is 2.16.